The SMILES string of the molecule is O=C(O)[C@@H](Sc1ccc(F)cc1F)c1ccccc1. The Labute approximate surface area is 113 Å². The van der Waals surface area contributed by atoms with Gasteiger partial charge in [0.15, 0.2) is 0 Å². The molecule has 0 saturated carbocycles. The predicted octanol–water partition coefficient (Wildman–Crippen LogP) is 3.88. The van der Waals surface area contributed by atoms with E-state index in [0.29, 0.717) is 5.56 Å². The van der Waals surface area contributed by atoms with Gasteiger partial charge < -0.3 is 5.11 Å². The van der Waals surface area contributed by atoms with E-state index in [0.717, 1.165) is 23.9 Å². The molecule has 98 valence electrons. The maximum Gasteiger partial charge on any atom is 0.321 e. The van der Waals surface area contributed by atoms with Gasteiger partial charge in [-0.05, 0) is 17.7 Å². The minimum absolute atomic E-state index is 0.109. The van der Waals surface area contributed by atoms with Crippen LogP contribution in [0, 0.1) is 11.6 Å². The number of hydrogen-bond donors (Lipinski definition) is 1. The van der Waals surface area contributed by atoms with Crippen LogP contribution in [0.1, 0.15) is 10.8 Å². The maximum absolute atomic E-state index is 13.5. The second-order valence-corrected chi connectivity index (χ2v) is 4.97. The minimum atomic E-state index is -1.07. The summed E-state index contributed by atoms with van der Waals surface area (Å²) in [6.07, 6.45) is 0. The molecule has 0 aliphatic heterocycles. The molecule has 2 rings (SSSR count). The summed E-state index contributed by atoms with van der Waals surface area (Å²) in [5, 5.41) is 8.29. The molecule has 0 amide bonds. The zero-order valence-electron chi connectivity index (χ0n) is 9.72. The van der Waals surface area contributed by atoms with Crippen molar-refractivity contribution in [1.29, 1.82) is 0 Å². The van der Waals surface area contributed by atoms with E-state index in [1.165, 1.54) is 6.07 Å². The van der Waals surface area contributed by atoms with Crippen molar-refractivity contribution in [2.45, 2.75) is 10.1 Å². The summed E-state index contributed by atoms with van der Waals surface area (Å²) in [4.78, 5) is 11.4. The number of thioether (sulfide) groups is 1. The molecule has 5 heteroatoms. The molecule has 0 aliphatic carbocycles. The maximum atomic E-state index is 13.5. The minimum Gasteiger partial charge on any atom is -0.480 e. The molecule has 0 unspecified atom stereocenters. The Balaban J connectivity index is 2.29. The third-order valence-corrected chi connectivity index (χ3v) is 3.76. The Morgan fingerprint density at radius 2 is 1.79 bits per heavy atom. The number of carbonyl (C=O) groups is 1. The Morgan fingerprint density at radius 1 is 1.11 bits per heavy atom. The summed E-state index contributed by atoms with van der Waals surface area (Å²) in [6.45, 7) is 0. The highest BCUT2D eigenvalue weighted by molar-refractivity contribution is 8.00. The summed E-state index contributed by atoms with van der Waals surface area (Å²) >= 11 is 0.844. The molecule has 0 heterocycles. The molecule has 1 N–H and O–H groups in total. The number of rotatable bonds is 4. The van der Waals surface area contributed by atoms with E-state index in [2.05, 4.69) is 0 Å². The largest absolute Gasteiger partial charge is 0.480 e. The van der Waals surface area contributed by atoms with Gasteiger partial charge in [0.25, 0.3) is 0 Å². The van der Waals surface area contributed by atoms with Gasteiger partial charge in [0.2, 0.25) is 0 Å². The lowest BCUT2D eigenvalue weighted by atomic mass is 10.1. The molecule has 0 aromatic heterocycles. The van der Waals surface area contributed by atoms with Crippen LogP contribution < -0.4 is 0 Å². The lowest BCUT2D eigenvalue weighted by molar-refractivity contribution is -0.136. The highest BCUT2D eigenvalue weighted by Gasteiger charge is 2.22. The standard InChI is InChI=1S/C14H10F2O2S/c15-10-6-7-12(11(16)8-10)19-13(14(17)18)9-4-2-1-3-5-9/h1-8,13H,(H,17,18)/t13-/m0/s1. The molecular formula is C14H10F2O2S. The smallest absolute Gasteiger partial charge is 0.321 e. The van der Waals surface area contributed by atoms with Crippen molar-refractivity contribution in [3.05, 3.63) is 65.7 Å². The molecule has 0 radical (unpaired) electrons. The summed E-state index contributed by atoms with van der Waals surface area (Å²) < 4.78 is 26.3. The number of carboxylic acids is 1. The van der Waals surface area contributed by atoms with Crippen molar-refractivity contribution < 1.29 is 18.7 Å². The molecule has 0 saturated heterocycles. The highest BCUT2D eigenvalue weighted by Crippen LogP contribution is 2.36. The van der Waals surface area contributed by atoms with E-state index in [1.807, 2.05) is 0 Å². The van der Waals surface area contributed by atoms with Crippen LogP contribution in [0.4, 0.5) is 8.78 Å². The molecule has 2 aromatic carbocycles. The van der Waals surface area contributed by atoms with Gasteiger partial charge in [-0.3, -0.25) is 4.79 Å². The predicted molar refractivity (Wildman–Crippen MR) is 69.0 cm³/mol. The number of benzene rings is 2. The van der Waals surface area contributed by atoms with Gasteiger partial charge >= 0.3 is 5.97 Å². The normalized spacial score (nSPS) is 12.1. The lowest BCUT2D eigenvalue weighted by Crippen LogP contribution is -2.08. The first kappa shape index (κ1) is 13.5. The molecule has 19 heavy (non-hydrogen) atoms. The van der Waals surface area contributed by atoms with Crippen LogP contribution in [0.5, 0.6) is 0 Å². The van der Waals surface area contributed by atoms with E-state index in [1.54, 1.807) is 30.3 Å². The van der Waals surface area contributed by atoms with E-state index in [4.69, 9.17) is 0 Å². The Kier molecular flexibility index (Phi) is 4.16. The van der Waals surface area contributed by atoms with Gasteiger partial charge in [0.05, 0.1) is 0 Å². The van der Waals surface area contributed by atoms with Crippen molar-refractivity contribution in [1.82, 2.24) is 0 Å². The summed E-state index contributed by atoms with van der Waals surface area (Å²) in [5.74, 6) is -2.51. The van der Waals surface area contributed by atoms with Crippen molar-refractivity contribution in [3.63, 3.8) is 0 Å². The molecule has 2 nitrogen and oxygen atoms in total. The number of hydrogen-bond acceptors (Lipinski definition) is 2. The van der Waals surface area contributed by atoms with E-state index in [9.17, 15) is 18.7 Å². The average Bonchev–Trinajstić information content (AvgIpc) is 2.38. The van der Waals surface area contributed by atoms with Gasteiger partial charge in [-0.15, -0.1) is 11.8 Å². The van der Waals surface area contributed by atoms with E-state index >= 15 is 0 Å². The van der Waals surface area contributed by atoms with Crippen LogP contribution in [-0.2, 0) is 4.79 Å². The van der Waals surface area contributed by atoms with Gasteiger partial charge in [0.1, 0.15) is 16.9 Å². The lowest BCUT2D eigenvalue weighted by Gasteiger charge is -2.12. The first-order valence-electron chi connectivity index (χ1n) is 5.47. The van der Waals surface area contributed by atoms with E-state index < -0.39 is 22.9 Å². The van der Waals surface area contributed by atoms with Crippen molar-refractivity contribution in [2.75, 3.05) is 0 Å². The van der Waals surface area contributed by atoms with Gasteiger partial charge in [-0.1, -0.05) is 30.3 Å². The average molecular weight is 280 g/mol. The molecular weight excluding hydrogens is 270 g/mol. The molecule has 0 spiro atoms. The van der Waals surface area contributed by atoms with Crippen LogP contribution in [0.15, 0.2) is 53.4 Å². The van der Waals surface area contributed by atoms with Gasteiger partial charge in [-0.25, -0.2) is 8.78 Å². The summed E-state index contributed by atoms with van der Waals surface area (Å²) in [5.41, 5.74) is 0.559. The quantitative estimate of drug-likeness (QED) is 0.863. The van der Waals surface area contributed by atoms with Crippen molar-refractivity contribution in [3.8, 4) is 0 Å². The summed E-state index contributed by atoms with van der Waals surface area (Å²) in [6, 6.07) is 11.6. The highest BCUT2D eigenvalue weighted by atomic mass is 32.2. The fourth-order valence-electron chi connectivity index (χ4n) is 1.59. The van der Waals surface area contributed by atoms with Gasteiger partial charge in [0, 0.05) is 11.0 Å². The first-order valence-corrected chi connectivity index (χ1v) is 6.35. The van der Waals surface area contributed by atoms with Crippen LogP contribution in [0.3, 0.4) is 0 Å². The molecule has 0 bridgehead atoms. The first-order chi connectivity index (χ1) is 9.08. The Morgan fingerprint density at radius 3 is 2.37 bits per heavy atom. The van der Waals surface area contributed by atoms with E-state index in [-0.39, 0.29) is 4.90 Å². The van der Waals surface area contributed by atoms with Crippen LogP contribution in [0.25, 0.3) is 0 Å². The fourth-order valence-corrected chi connectivity index (χ4v) is 2.55. The van der Waals surface area contributed by atoms with Crippen LogP contribution in [-0.4, -0.2) is 11.1 Å². The number of carboxylic acid groups (broad SMARTS) is 1. The molecule has 0 aliphatic rings. The molecule has 1 atom stereocenters. The third kappa shape index (κ3) is 3.32. The second-order valence-electron chi connectivity index (χ2n) is 3.82. The fraction of sp³-hybridized carbons (Fsp3) is 0.0714. The van der Waals surface area contributed by atoms with Gasteiger partial charge in [-0.2, -0.15) is 0 Å². The second kappa shape index (κ2) is 5.84. The molecule has 0 fully saturated rings. The molecule has 2 aromatic rings. The van der Waals surface area contributed by atoms with Crippen LogP contribution in [0.2, 0.25) is 0 Å². The summed E-state index contributed by atoms with van der Waals surface area (Å²) in [7, 11) is 0. The van der Waals surface area contributed by atoms with Crippen molar-refractivity contribution >= 4 is 17.7 Å². The van der Waals surface area contributed by atoms with Crippen LogP contribution >= 0.6 is 11.8 Å². The van der Waals surface area contributed by atoms with Crippen molar-refractivity contribution in [2.24, 2.45) is 0 Å². The zero-order chi connectivity index (χ0) is 13.8. The monoisotopic (exact) mass is 280 g/mol. The zero-order valence-corrected chi connectivity index (χ0v) is 10.5. The Hall–Kier alpha value is -1.88. The topological polar surface area (TPSA) is 37.3 Å². The number of halogens is 2. The Bertz CT molecular complexity index is 587. The number of aliphatic carboxylic acids is 1. The third-order valence-electron chi connectivity index (χ3n) is 2.47.